The minimum Gasteiger partial charge on any atom is -0.493 e. The van der Waals surface area contributed by atoms with E-state index in [0.29, 0.717) is 31.6 Å². The van der Waals surface area contributed by atoms with Gasteiger partial charge in [-0.05, 0) is 74.0 Å². The SMILES string of the molecule is CC[C@H](C)N1C(=O)/C(=C\c2cccc(OC)c2OCc2ccc(Cl)c(Cl)c2)SC1=Nc1ccc(C)cc1. The van der Waals surface area contributed by atoms with E-state index in [9.17, 15) is 4.79 Å². The molecule has 192 valence electrons. The number of benzene rings is 3. The highest BCUT2D eigenvalue weighted by Gasteiger charge is 2.36. The molecule has 1 heterocycles. The predicted molar refractivity (Wildman–Crippen MR) is 154 cm³/mol. The van der Waals surface area contributed by atoms with Crippen molar-refractivity contribution in [2.75, 3.05) is 7.11 Å². The summed E-state index contributed by atoms with van der Waals surface area (Å²) in [4.78, 5) is 20.7. The van der Waals surface area contributed by atoms with Crippen molar-refractivity contribution in [3.63, 3.8) is 0 Å². The first-order valence-electron chi connectivity index (χ1n) is 11.9. The van der Waals surface area contributed by atoms with Crippen molar-refractivity contribution < 1.29 is 14.3 Å². The van der Waals surface area contributed by atoms with Gasteiger partial charge in [0.25, 0.3) is 5.91 Å². The molecule has 0 bridgehead atoms. The first-order chi connectivity index (χ1) is 17.8. The highest BCUT2D eigenvalue weighted by molar-refractivity contribution is 8.18. The maximum Gasteiger partial charge on any atom is 0.267 e. The first-order valence-corrected chi connectivity index (χ1v) is 13.5. The third-order valence-corrected chi connectivity index (χ3v) is 7.73. The average Bonchev–Trinajstić information content (AvgIpc) is 3.20. The number of amidine groups is 1. The fourth-order valence-electron chi connectivity index (χ4n) is 3.75. The molecule has 5 nitrogen and oxygen atoms in total. The van der Waals surface area contributed by atoms with Gasteiger partial charge < -0.3 is 9.47 Å². The van der Waals surface area contributed by atoms with Gasteiger partial charge in [0.05, 0.1) is 27.7 Å². The van der Waals surface area contributed by atoms with Crippen LogP contribution in [0, 0.1) is 6.92 Å². The van der Waals surface area contributed by atoms with Crippen molar-refractivity contribution in [2.45, 2.75) is 39.8 Å². The van der Waals surface area contributed by atoms with Crippen molar-refractivity contribution in [3.05, 3.63) is 92.3 Å². The minimum atomic E-state index is -0.0801. The predicted octanol–water partition coefficient (Wildman–Crippen LogP) is 8.29. The molecule has 4 rings (SSSR count). The number of rotatable bonds is 8. The lowest BCUT2D eigenvalue weighted by molar-refractivity contribution is -0.123. The molecule has 1 atom stereocenters. The Balaban J connectivity index is 1.68. The number of aliphatic imine (C=N–C) groups is 1. The van der Waals surface area contributed by atoms with Gasteiger partial charge in [0.15, 0.2) is 16.7 Å². The molecule has 0 aromatic heterocycles. The van der Waals surface area contributed by atoms with Crippen LogP contribution >= 0.6 is 35.0 Å². The molecule has 37 heavy (non-hydrogen) atoms. The van der Waals surface area contributed by atoms with Crippen LogP contribution in [0.3, 0.4) is 0 Å². The topological polar surface area (TPSA) is 51.1 Å². The van der Waals surface area contributed by atoms with E-state index < -0.39 is 0 Å². The summed E-state index contributed by atoms with van der Waals surface area (Å²) in [7, 11) is 1.59. The number of thioether (sulfide) groups is 1. The second kappa shape index (κ2) is 12.1. The smallest absolute Gasteiger partial charge is 0.267 e. The third-order valence-electron chi connectivity index (χ3n) is 6.01. The quantitative estimate of drug-likeness (QED) is 0.263. The molecule has 0 radical (unpaired) electrons. The fourth-order valence-corrected chi connectivity index (χ4v) is 5.15. The molecule has 0 unspecified atom stereocenters. The lowest BCUT2D eigenvalue weighted by atomic mass is 10.1. The van der Waals surface area contributed by atoms with E-state index in [1.54, 1.807) is 24.1 Å². The molecule has 1 fully saturated rings. The normalized spacial score (nSPS) is 16.5. The van der Waals surface area contributed by atoms with E-state index in [4.69, 9.17) is 37.7 Å². The molecule has 1 aliphatic rings. The highest BCUT2D eigenvalue weighted by atomic mass is 35.5. The van der Waals surface area contributed by atoms with Gasteiger partial charge in [-0.1, -0.05) is 66.0 Å². The molecule has 8 heteroatoms. The molecule has 0 aliphatic carbocycles. The van der Waals surface area contributed by atoms with Gasteiger partial charge >= 0.3 is 0 Å². The van der Waals surface area contributed by atoms with Crippen molar-refractivity contribution in [1.82, 2.24) is 4.90 Å². The molecule has 0 N–H and O–H groups in total. The number of ether oxygens (including phenoxy) is 2. The first kappa shape index (κ1) is 27.1. The van der Waals surface area contributed by atoms with E-state index in [-0.39, 0.29) is 18.6 Å². The van der Waals surface area contributed by atoms with Crippen LogP contribution in [0.25, 0.3) is 6.08 Å². The van der Waals surface area contributed by atoms with Crippen molar-refractivity contribution in [2.24, 2.45) is 4.99 Å². The van der Waals surface area contributed by atoms with Crippen LogP contribution in [0.2, 0.25) is 10.0 Å². The van der Waals surface area contributed by atoms with E-state index in [0.717, 1.165) is 28.8 Å². The van der Waals surface area contributed by atoms with Crippen LogP contribution in [0.15, 0.2) is 70.6 Å². The zero-order valence-electron chi connectivity index (χ0n) is 21.1. The lowest BCUT2D eigenvalue weighted by Gasteiger charge is -2.22. The zero-order valence-corrected chi connectivity index (χ0v) is 23.5. The summed E-state index contributed by atoms with van der Waals surface area (Å²) in [5.74, 6) is 1.02. The van der Waals surface area contributed by atoms with Gasteiger partial charge in [0, 0.05) is 11.6 Å². The lowest BCUT2D eigenvalue weighted by Crippen LogP contribution is -2.36. The third kappa shape index (κ3) is 6.32. The summed E-state index contributed by atoms with van der Waals surface area (Å²) in [6, 6.07) is 18.9. The van der Waals surface area contributed by atoms with Crippen LogP contribution in [0.5, 0.6) is 11.5 Å². The molecule has 1 amide bonds. The van der Waals surface area contributed by atoms with Gasteiger partial charge in [0.2, 0.25) is 0 Å². The number of hydrogen-bond donors (Lipinski definition) is 0. The monoisotopic (exact) mass is 554 g/mol. The number of methoxy groups -OCH3 is 1. The van der Waals surface area contributed by atoms with Gasteiger partial charge in [-0.3, -0.25) is 9.69 Å². The van der Waals surface area contributed by atoms with Crippen LogP contribution in [0.4, 0.5) is 5.69 Å². The Kier molecular flexibility index (Phi) is 8.85. The Morgan fingerprint density at radius 3 is 2.51 bits per heavy atom. The van der Waals surface area contributed by atoms with Gasteiger partial charge in [-0.2, -0.15) is 0 Å². The number of hydrogen-bond acceptors (Lipinski definition) is 5. The van der Waals surface area contributed by atoms with Crippen LogP contribution < -0.4 is 9.47 Å². The number of carbonyl (C=O) groups excluding carboxylic acids is 1. The maximum atomic E-state index is 13.5. The molecular weight excluding hydrogens is 527 g/mol. The highest BCUT2D eigenvalue weighted by Crippen LogP contribution is 2.39. The molecule has 1 aliphatic heterocycles. The number of nitrogens with zero attached hydrogens (tertiary/aromatic N) is 2. The molecule has 3 aromatic rings. The molecule has 1 saturated heterocycles. The number of para-hydroxylation sites is 1. The fraction of sp³-hybridized carbons (Fsp3) is 0.241. The summed E-state index contributed by atoms with van der Waals surface area (Å²) in [5, 5.41) is 1.61. The van der Waals surface area contributed by atoms with Gasteiger partial charge in [-0.25, -0.2) is 4.99 Å². The maximum absolute atomic E-state index is 13.5. The number of amides is 1. The van der Waals surface area contributed by atoms with Gasteiger partial charge in [-0.15, -0.1) is 0 Å². The largest absolute Gasteiger partial charge is 0.493 e. The minimum absolute atomic E-state index is 0.00535. The molecule has 0 spiro atoms. The average molecular weight is 556 g/mol. The number of halogens is 2. The van der Waals surface area contributed by atoms with E-state index in [1.807, 2.05) is 68.5 Å². The summed E-state index contributed by atoms with van der Waals surface area (Å²) in [5.41, 5.74) is 3.56. The Labute approximate surface area is 232 Å². The Morgan fingerprint density at radius 2 is 1.84 bits per heavy atom. The number of carbonyl (C=O) groups is 1. The van der Waals surface area contributed by atoms with Gasteiger partial charge in [0.1, 0.15) is 6.61 Å². The summed E-state index contributed by atoms with van der Waals surface area (Å²) in [6.07, 6.45) is 2.65. The Bertz CT molecular complexity index is 1360. The standard InChI is InChI=1S/C29H28Cl2N2O3S/c1-5-19(3)33-28(34)26(37-29(33)32-22-12-9-18(2)10-13-22)16-21-7-6-8-25(35-4)27(21)36-17-20-11-14-23(30)24(31)15-20/h6-16,19H,5,17H2,1-4H3/b26-16+,32-29?/t19-/m0/s1. The van der Waals surface area contributed by atoms with E-state index >= 15 is 0 Å². The Morgan fingerprint density at radius 1 is 1.08 bits per heavy atom. The summed E-state index contributed by atoms with van der Waals surface area (Å²) < 4.78 is 11.7. The Hall–Kier alpha value is -2.93. The second-order valence-corrected chi connectivity index (χ2v) is 10.5. The summed E-state index contributed by atoms with van der Waals surface area (Å²) >= 11 is 13.6. The molecule has 0 saturated carbocycles. The zero-order chi connectivity index (χ0) is 26.5. The van der Waals surface area contributed by atoms with Crippen LogP contribution in [0.1, 0.15) is 37.0 Å². The summed E-state index contributed by atoms with van der Waals surface area (Å²) in [6.45, 7) is 6.38. The molecule has 3 aromatic carbocycles. The molecular formula is C29H28Cl2N2O3S. The second-order valence-electron chi connectivity index (χ2n) is 8.69. The van der Waals surface area contributed by atoms with E-state index in [1.165, 1.54) is 11.8 Å². The van der Waals surface area contributed by atoms with Crippen molar-refractivity contribution >= 4 is 57.8 Å². The van der Waals surface area contributed by atoms with Crippen LogP contribution in [-0.4, -0.2) is 29.1 Å². The van der Waals surface area contributed by atoms with Crippen molar-refractivity contribution in [3.8, 4) is 11.5 Å². The van der Waals surface area contributed by atoms with Crippen molar-refractivity contribution in [1.29, 1.82) is 0 Å². The van der Waals surface area contributed by atoms with E-state index in [2.05, 4.69) is 6.92 Å². The van der Waals surface area contributed by atoms with Crippen LogP contribution in [-0.2, 0) is 11.4 Å². The number of aryl methyl sites for hydroxylation is 1.